The highest BCUT2D eigenvalue weighted by Crippen LogP contribution is 2.38. The molecule has 0 bridgehead atoms. The zero-order valence-corrected chi connectivity index (χ0v) is 20.1. The van der Waals surface area contributed by atoms with Gasteiger partial charge in [-0.3, -0.25) is 14.3 Å². The first-order chi connectivity index (χ1) is 16.9. The van der Waals surface area contributed by atoms with Crippen LogP contribution in [0.1, 0.15) is 68.8 Å². The molecule has 2 aliphatic rings. The quantitative estimate of drug-likeness (QED) is 0.510. The molecule has 2 fully saturated rings. The lowest BCUT2D eigenvalue weighted by Crippen LogP contribution is -2.31. The van der Waals surface area contributed by atoms with E-state index in [0.29, 0.717) is 41.6 Å². The van der Waals surface area contributed by atoms with Crippen molar-refractivity contribution < 1.29 is 19.1 Å². The lowest BCUT2D eigenvalue weighted by molar-refractivity contribution is -0.119. The number of benzene rings is 1. The molecule has 184 valence electrons. The van der Waals surface area contributed by atoms with Crippen LogP contribution in [0.5, 0.6) is 11.6 Å². The van der Waals surface area contributed by atoms with Crippen molar-refractivity contribution in [3.63, 3.8) is 0 Å². The molecule has 1 atom stereocenters. The van der Waals surface area contributed by atoms with Gasteiger partial charge in [0.1, 0.15) is 12.4 Å². The monoisotopic (exact) mass is 477 g/mol. The second kappa shape index (κ2) is 9.56. The summed E-state index contributed by atoms with van der Waals surface area (Å²) in [5.41, 5.74) is 7.78. The normalized spacial score (nSPS) is 18.4. The lowest BCUT2D eigenvalue weighted by atomic mass is 9.99. The maximum absolute atomic E-state index is 12.3. The van der Waals surface area contributed by atoms with E-state index in [1.165, 1.54) is 12.8 Å². The number of carbonyl (C=O) groups is 2. The minimum atomic E-state index is -0.567. The van der Waals surface area contributed by atoms with Crippen LogP contribution in [-0.4, -0.2) is 45.3 Å². The molecule has 3 N–H and O–H groups in total. The predicted octanol–water partition coefficient (Wildman–Crippen LogP) is 3.76. The summed E-state index contributed by atoms with van der Waals surface area (Å²) in [5.74, 6) is 0.269. The van der Waals surface area contributed by atoms with Crippen LogP contribution in [0.4, 0.5) is 0 Å². The molecule has 1 saturated carbocycles. The minimum Gasteiger partial charge on any atom is -0.490 e. The molecular weight excluding hydrogens is 446 g/mol. The van der Waals surface area contributed by atoms with Crippen LogP contribution in [-0.2, 0) is 4.79 Å². The summed E-state index contributed by atoms with van der Waals surface area (Å²) in [7, 11) is 0. The number of nitrogens with zero attached hydrogens (tertiary/aromatic N) is 3. The van der Waals surface area contributed by atoms with E-state index in [0.717, 1.165) is 35.8 Å². The largest absolute Gasteiger partial charge is 0.490 e. The van der Waals surface area contributed by atoms with E-state index in [2.05, 4.69) is 15.4 Å². The van der Waals surface area contributed by atoms with Crippen LogP contribution in [0.2, 0.25) is 0 Å². The fourth-order valence-corrected chi connectivity index (χ4v) is 4.96. The van der Waals surface area contributed by atoms with Crippen molar-refractivity contribution in [3.05, 3.63) is 36.3 Å². The third-order valence-corrected chi connectivity index (χ3v) is 6.70. The Balaban J connectivity index is 1.58. The molecule has 3 aromatic rings. The summed E-state index contributed by atoms with van der Waals surface area (Å²) in [6.07, 6.45) is 11.4. The number of carbonyl (C=O) groups excluding carboxylic acids is 2. The Morgan fingerprint density at radius 1 is 1.20 bits per heavy atom. The minimum absolute atomic E-state index is 0.0322. The molecule has 1 saturated heterocycles. The first kappa shape index (κ1) is 23.1. The Morgan fingerprint density at radius 2 is 2.00 bits per heavy atom. The lowest BCUT2D eigenvalue weighted by Gasteiger charge is -2.18. The van der Waals surface area contributed by atoms with Gasteiger partial charge in [-0.15, -0.1) is 0 Å². The number of hydrogen-bond donors (Lipinski definition) is 2. The Bertz CT molecular complexity index is 1260. The highest BCUT2D eigenvalue weighted by Gasteiger charge is 2.24. The molecule has 9 heteroatoms. The molecule has 9 nitrogen and oxygen atoms in total. The van der Waals surface area contributed by atoms with Crippen LogP contribution >= 0.6 is 0 Å². The van der Waals surface area contributed by atoms with Gasteiger partial charge < -0.3 is 20.5 Å². The molecule has 1 aromatic carbocycles. The molecule has 35 heavy (non-hydrogen) atoms. The van der Waals surface area contributed by atoms with Crippen molar-refractivity contribution in [2.45, 2.75) is 70.6 Å². The number of aromatic nitrogens is 3. The molecule has 2 amide bonds. The van der Waals surface area contributed by atoms with E-state index >= 15 is 0 Å². The number of nitrogens with one attached hydrogen (secondary N) is 1. The van der Waals surface area contributed by atoms with Crippen molar-refractivity contribution >= 4 is 22.6 Å². The highest BCUT2D eigenvalue weighted by molar-refractivity contribution is 6.06. The smallest absolute Gasteiger partial charge is 0.252 e. The number of fused-ring (bicyclic) bond motifs is 1. The number of ether oxygens (including phenoxy) is 2. The van der Waals surface area contributed by atoms with E-state index in [-0.39, 0.29) is 18.1 Å². The van der Waals surface area contributed by atoms with E-state index < -0.39 is 5.91 Å². The summed E-state index contributed by atoms with van der Waals surface area (Å²) in [6, 6.07) is 3.89. The van der Waals surface area contributed by atoms with Gasteiger partial charge in [-0.2, -0.15) is 5.10 Å². The molecule has 5 rings (SSSR count). The molecule has 1 aliphatic carbocycles. The summed E-state index contributed by atoms with van der Waals surface area (Å²) in [6.45, 7) is 4.09. The maximum atomic E-state index is 12.3. The van der Waals surface area contributed by atoms with E-state index in [1.54, 1.807) is 18.3 Å². The average molecular weight is 478 g/mol. The SMILES string of the molecule is CC(C)Oc1cc2c(OC[C@@H]3CCC(=O)N3)ncc(-c3cnn(C4CCCC4)c3)c2cc1C(N)=O. The first-order valence-corrected chi connectivity index (χ1v) is 12.3. The Morgan fingerprint density at radius 3 is 2.69 bits per heavy atom. The van der Waals surface area contributed by atoms with Gasteiger partial charge in [0.05, 0.1) is 29.9 Å². The number of rotatable bonds is 8. The molecule has 1 aliphatic heterocycles. The summed E-state index contributed by atoms with van der Waals surface area (Å²) < 4.78 is 14.0. The van der Waals surface area contributed by atoms with Crippen LogP contribution < -0.4 is 20.5 Å². The van der Waals surface area contributed by atoms with Gasteiger partial charge in [-0.25, -0.2) is 4.98 Å². The zero-order valence-electron chi connectivity index (χ0n) is 20.1. The third kappa shape index (κ3) is 4.80. The van der Waals surface area contributed by atoms with Gasteiger partial charge in [0.25, 0.3) is 5.91 Å². The van der Waals surface area contributed by atoms with Crippen LogP contribution in [0.25, 0.3) is 21.9 Å². The molecule has 2 aromatic heterocycles. The Labute approximate surface area is 204 Å². The topological polar surface area (TPSA) is 121 Å². The zero-order chi connectivity index (χ0) is 24.5. The predicted molar refractivity (Wildman–Crippen MR) is 131 cm³/mol. The van der Waals surface area contributed by atoms with Crippen LogP contribution in [0, 0.1) is 0 Å². The number of hydrogen-bond acceptors (Lipinski definition) is 6. The second-order valence-electron chi connectivity index (χ2n) is 9.66. The molecule has 0 radical (unpaired) electrons. The average Bonchev–Trinajstić information content (AvgIpc) is 3.58. The van der Waals surface area contributed by atoms with Gasteiger partial charge in [-0.1, -0.05) is 12.8 Å². The van der Waals surface area contributed by atoms with Crippen molar-refractivity contribution in [1.82, 2.24) is 20.1 Å². The van der Waals surface area contributed by atoms with Gasteiger partial charge >= 0.3 is 0 Å². The molecule has 0 unspecified atom stereocenters. The number of pyridine rings is 1. The van der Waals surface area contributed by atoms with Crippen molar-refractivity contribution in [2.24, 2.45) is 5.73 Å². The Kier molecular flexibility index (Phi) is 6.32. The van der Waals surface area contributed by atoms with E-state index in [1.807, 2.05) is 30.9 Å². The number of primary amides is 1. The summed E-state index contributed by atoms with van der Waals surface area (Å²) in [5, 5.41) is 9.02. The summed E-state index contributed by atoms with van der Waals surface area (Å²) in [4.78, 5) is 28.5. The van der Waals surface area contributed by atoms with Gasteiger partial charge in [-0.05, 0) is 50.6 Å². The van der Waals surface area contributed by atoms with Crippen LogP contribution in [0.3, 0.4) is 0 Å². The Hall–Kier alpha value is -3.62. The van der Waals surface area contributed by atoms with E-state index in [9.17, 15) is 9.59 Å². The third-order valence-electron chi connectivity index (χ3n) is 6.70. The molecular formula is C26H31N5O4. The van der Waals surface area contributed by atoms with E-state index in [4.69, 9.17) is 15.2 Å². The first-order valence-electron chi connectivity index (χ1n) is 12.3. The molecule has 0 spiro atoms. The number of nitrogens with two attached hydrogens (primary N) is 1. The van der Waals surface area contributed by atoms with Crippen molar-refractivity contribution in [1.29, 1.82) is 0 Å². The fraction of sp³-hybridized carbons (Fsp3) is 0.462. The fourth-order valence-electron chi connectivity index (χ4n) is 4.96. The standard InChI is InChI=1S/C26H31N5O4/c1-15(2)35-23-10-20-19(9-21(23)25(27)33)22(16-11-29-31(13-16)18-5-3-4-6-18)12-28-26(20)34-14-17-7-8-24(32)30-17/h9-13,15,17-18H,3-8,14H2,1-2H3,(H2,27,33)(H,30,32)/t17-/m0/s1. The van der Waals surface area contributed by atoms with Crippen LogP contribution in [0.15, 0.2) is 30.7 Å². The van der Waals surface area contributed by atoms with Gasteiger partial charge in [0.2, 0.25) is 11.8 Å². The maximum Gasteiger partial charge on any atom is 0.252 e. The van der Waals surface area contributed by atoms with Gasteiger partial charge in [0, 0.05) is 35.3 Å². The second-order valence-corrected chi connectivity index (χ2v) is 9.66. The molecule has 3 heterocycles. The van der Waals surface area contributed by atoms with Gasteiger partial charge in [0.15, 0.2) is 0 Å². The number of amides is 2. The highest BCUT2D eigenvalue weighted by atomic mass is 16.5. The van der Waals surface area contributed by atoms with Crippen molar-refractivity contribution in [3.8, 4) is 22.8 Å². The van der Waals surface area contributed by atoms with Crippen molar-refractivity contribution in [2.75, 3.05) is 6.61 Å². The summed E-state index contributed by atoms with van der Waals surface area (Å²) >= 11 is 0.